The fourth-order valence-corrected chi connectivity index (χ4v) is 1.93. The van der Waals surface area contributed by atoms with Gasteiger partial charge in [-0.15, -0.1) is 0 Å². The summed E-state index contributed by atoms with van der Waals surface area (Å²) >= 11 is 0. The first-order valence-electron chi connectivity index (χ1n) is 6.44. The van der Waals surface area contributed by atoms with Gasteiger partial charge in [0, 0.05) is 17.7 Å². The number of benzene rings is 1. The Kier molecular flexibility index (Phi) is 4.58. The van der Waals surface area contributed by atoms with Crippen molar-refractivity contribution in [3.05, 3.63) is 47.7 Å². The molecule has 0 amide bonds. The maximum absolute atomic E-state index is 12.9. The Bertz CT molecular complexity index is 538. The van der Waals surface area contributed by atoms with Gasteiger partial charge in [-0.1, -0.05) is 0 Å². The van der Waals surface area contributed by atoms with Gasteiger partial charge in [0.1, 0.15) is 11.6 Å². The first-order valence-corrected chi connectivity index (χ1v) is 6.44. The Morgan fingerprint density at radius 1 is 1.16 bits per heavy atom. The fourth-order valence-electron chi connectivity index (χ4n) is 1.93. The van der Waals surface area contributed by atoms with Crippen molar-refractivity contribution in [2.24, 2.45) is 0 Å². The van der Waals surface area contributed by atoms with Crippen LogP contribution in [0.3, 0.4) is 0 Å². The van der Waals surface area contributed by atoms with Gasteiger partial charge >= 0.3 is 0 Å². The molecule has 19 heavy (non-hydrogen) atoms. The molecular weight excluding hydrogens is 241 g/mol. The molecule has 1 heterocycles. The lowest BCUT2D eigenvalue weighted by Gasteiger charge is -2.06. The van der Waals surface area contributed by atoms with Gasteiger partial charge in [-0.05, 0) is 57.3 Å². The van der Waals surface area contributed by atoms with Crippen LogP contribution in [0.1, 0.15) is 17.9 Å². The molecule has 2 rings (SSSR count). The zero-order valence-electron chi connectivity index (χ0n) is 11.3. The molecule has 0 aliphatic rings. The summed E-state index contributed by atoms with van der Waals surface area (Å²) in [5.74, 6) is 0.610. The van der Waals surface area contributed by atoms with Gasteiger partial charge in [-0.3, -0.25) is 0 Å². The summed E-state index contributed by atoms with van der Waals surface area (Å²) < 4.78 is 12.9. The predicted octanol–water partition coefficient (Wildman–Crippen LogP) is 2.74. The summed E-state index contributed by atoms with van der Waals surface area (Å²) in [4.78, 5) is 8.98. The van der Waals surface area contributed by atoms with E-state index in [4.69, 9.17) is 0 Å². The zero-order valence-corrected chi connectivity index (χ0v) is 11.3. The number of nitrogens with one attached hydrogen (secondary N) is 1. The van der Waals surface area contributed by atoms with E-state index in [0.29, 0.717) is 0 Å². The molecule has 4 heteroatoms. The van der Waals surface area contributed by atoms with Crippen LogP contribution in [0, 0.1) is 12.7 Å². The number of hydrogen-bond donors (Lipinski definition) is 1. The Morgan fingerprint density at radius 3 is 2.58 bits per heavy atom. The van der Waals surface area contributed by atoms with E-state index >= 15 is 0 Å². The number of halogens is 1. The fraction of sp³-hybridized carbons (Fsp3) is 0.333. The maximum atomic E-state index is 12.9. The van der Waals surface area contributed by atoms with Crippen LogP contribution in [-0.2, 0) is 6.42 Å². The smallest absolute Gasteiger partial charge is 0.129 e. The lowest BCUT2D eigenvalue weighted by molar-refractivity contribution is 0.628. The molecule has 3 nitrogen and oxygen atoms in total. The summed E-state index contributed by atoms with van der Waals surface area (Å²) in [7, 11) is 1.93. The molecular formula is C15H18FN3. The molecule has 1 N–H and O–H groups in total. The molecule has 0 aliphatic carbocycles. The summed E-state index contributed by atoms with van der Waals surface area (Å²) in [6.07, 6.45) is 1.85. The minimum absolute atomic E-state index is 0.233. The van der Waals surface area contributed by atoms with Crippen molar-refractivity contribution in [1.82, 2.24) is 15.3 Å². The first kappa shape index (κ1) is 13.6. The molecule has 0 atom stereocenters. The molecule has 1 aromatic heterocycles. The second-order valence-electron chi connectivity index (χ2n) is 4.52. The number of rotatable bonds is 5. The van der Waals surface area contributed by atoms with Gasteiger partial charge in [0.15, 0.2) is 0 Å². The van der Waals surface area contributed by atoms with Crippen LogP contribution in [0.25, 0.3) is 11.3 Å². The highest BCUT2D eigenvalue weighted by Gasteiger charge is 2.05. The average molecular weight is 259 g/mol. The topological polar surface area (TPSA) is 37.8 Å². The van der Waals surface area contributed by atoms with Gasteiger partial charge < -0.3 is 5.32 Å². The largest absolute Gasteiger partial charge is 0.320 e. The second kappa shape index (κ2) is 6.38. The summed E-state index contributed by atoms with van der Waals surface area (Å²) in [5, 5.41) is 3.11. The van der Waals surface area contributed by atoms with Crippen molar-refractivity contribution < 1.29 is 4.39 Å². The van der Waals surface area contributed by atoms with Crippen LogP contribution in [-0.4, -0.2) is 23.6 Å². The van der Waals surface area contributed by atoms with Crippen molar-refractivity contribution in [1.29, 1.82) is 0 Å². The third-order valence-corrected chi connectivity index (χ3v) is 2.87. The molecule has 0 saturated carbocycles. The average Bonchev–Trinajstić information content (AvgIpc) is 2.39. The number of aromatic nitrogens is 2. The minimum Gasteiger partial charge on any atom is -0.320 e. The quantitative estimate of drug-likeness (QED) is 0.839. The monoisotopic (exact) mass is 259 g/mol. The molecule has 100 valence electrons. The van der Waals surface area contributed by atoms with Crippen LogP contribution in [0.4, 0.5) is 4.39 Å². The molecule has 0 spiro atoms. The van der Waals surface area contributed by atoms with E-state index < -0.39 is 0 Å². The van der Waals surface area contributed by atoms with Crippen molar-refractivity contribution in [2.45, 2.75) is 19.8 Å². The Labute approximate surface area is 112 Å². The normalized spacial score (nSPS) is 10.7. The molecule has 2 aromatic rings. The Hall–Kier alpha value is -1.81. The van der Waals surface area contributed by atoms with E-state index in [2.05, 4.69) is 15.3 Å². The molecule has 0 bridgehead atoms. The van der Waals surface area contributed by atoms with Gasteiger partial charge in [-0.25, -0.2) is 14.4 Å². The summed E-state index contributed by atoms with van der Waals surface area (Å²) in [6.45, 7) is 2.90. The lowest BCUT2D eigenvalue weighted by atomic mass is 10.1. The Balaban J connectivity index is 2.23. The van der Waals surface area contributed by atoms with E-state index in [9.17, 15) is 4.39 Å². The van der Waals surface area contributed by atoms with Crippen molar-refractivity contribution >= 4 is 0 Å². The minimum atomic E-state index is -0.233. The van der Waals surface area contributed by atoms with Crippen molar-refractivity contribution in [2.75, 3.05) is 13.6 Å². The summed E-state index contributed by atoms with van der Waals surface area (Å²) in [6, 6.07) is 8.32. The standard InChI is InChI=1S/C15H18FN3/c1-11-10-14(12-5-7-13(16)8-6-12)19-15(18-11)4-3-9-17-2/h5-8,10,17H,3-4,9H2,1-2H3. The second-order valence-corrected chi connectivity index (χ2v) is 4.52. The van der Waals surface area contributed by atoms with Gasteiger partial charge in [0.25, 0.3) is 0 Å². The lowest BCUT2D eigenvalue weighted by Crippen LogP contribution is -2.10. The zero-order chi connectivity index (χ0) is 13.7. The van der Waals surface area contributed by atoms with E-state index in [1.54, 1.807) is 12.1 Å². The van der Waals surface area contributed by atoms with Crippen LogP contribution in [0.2, 0.25) is 0 Å². The molecule has 0 aliphatic heterocycles. The van der Waals surface area contributed by atoms with Gasteiger partial charge in [0.05, 0.1) is 5.69 Å². The maximum Gasteiger partial charge on any atom is 0.129 e. The highest BCUT2D eigenvalue weighted by atomic mass is 19.1. The SMILES string of the molecule is CNCCCc1nc(C)cc(-c2ccc(F)cc2)n1. The molecule has 1 aromatic carbocycles. The first-order chi connectivity index (χ1) is 9.19. The molecule has 0 fully saturated rings. The Morgan fingerprint density at radius 2 is 1.89 bits per heavy atom. The van der Waals surface area contributed by atoms with Crippen LogP contribution in [0.5, 0.6) is 0 Å². The summed E-state index contributed by atoms with van der Waals surface area (Å²) in [5.41, 5.74) is 2.71. The van der Waals surface area contributed by atoms with Crippen molar-refractivity contribution in [3.8, 4) is 11.3 Å². The van der Waals surface area contributed by atoms with Gasteiger partial charge in [0.2, 0.25) is 0 Å². The third kappa shape index (κ3) is 3.83. The predicted molar refractivity (Wildman–Crippen MR) is 74.4 cm³/mol. The van der Waals surface area contributed by atoms with Gasteiger partial charge in [-0.2, -0.15) is 0 Å². The number of hydrogen-bond acceptors (Lipinski definition) is 3. The van der Waals surface area contributed by atoms with E-state index in [-0.39, 0.29) is 5.82 Å². The van der Waals surface area contributed by atoms with Crippen LogP contribution < -0.4 is 5.32 Å². The number of nitrogens with zero attached hydrogens (tertiary/aromatic N) is 2. The van der Waals surface area contributed by atoms with E-state index in [1.807, 2.05) is 20.0 Å². The van der Waals surface area contributed by atoms with E-state index in [0.717, 1.165) is 42.2 Å². The molecule has 0 unspecified atom stereocenters. The van der Waals surface area contributed by atoms with Crippen molar-refractivity contribution in [3.63, 3.8) is 0 Å². The molecule has 0 radical (unpaired) electrons. The van der Waals surface area contributed by atoms with E-state index in [1.165, 1.54) is 12.1 Å². The van der Waals surface area contributed by atoms with Crippen LogP contribution in [0.15, 0.2) is 30.3 Å². The highest BCUT2D eigenvalue weighted by Crippen LogP contribution is 2.18. The van der Waals surface area contributed by atoms with Crippen LogP contribution >= 0.6 is 0 Å². The highest BCUT2D eigenvalue weighted by molar-refractivity contribution is 5.59. The third-order valence-electron chi connectivity index (χ3n) is 2.87. The molecule has 0 saturated heterocycles. The number of aryl methyl sites for hydroxylation is 2.